The van der Waals surface area contributed by atoms with Gasteiger partial charge in [0.1, 0.15) is 0 Å². The smallest absolute Gasteiger partial charge is 0.465 e. The first kappa shape index (κ1) is 35.7. The Labute approximate surface area is 239 Å². The lowest BCUT2D eigenvalue weighted by molar-refractivity contribution is -0.147. The van der Waals surface area contributed by atoms with Crippen LogP contribution in [0.4, 0.5) is 5.69 Å². The van der Waals surface area contributed by atoms with E-state index in [2.05, 4.69) is 17.0 Å². The molecule has 0 amide bonds. The Morgan fingerprint density at radius 3 is 1.59 bits per heavy atom. The Morgan fingerprint density at radius 2 is 1.15 bits per heavy atom. The number of benzene rings is 1. The van der Waals surface area contributed by atoms with Gasteiger partial charge in [0.2, 0.25) is 0 Å². The molecule has 0 N–H and O–H groups in total. The normalized spacial score (nSPS) is 12.9. The van der Waals surface area contributed by atoms with Crippen molar-refractivity contribution in [2.45, 2.75) is 73.4 Å². The van der Waals surface area contributed by atoms with Gasteiger partial charge in [0, 0.05) is 70.5 Å². The molecule has 0 saturated carbocycles. The van der Waals surface area contributed by atoms with Crippen molar-refractivity contribution < 1.29 is 36.1 Å². The van der Waals surface area contributed by atoms with E-state index in [1.807, 2.05) is 66.7 Å². The second kappa shape index (κ2) is 20.5. The monoisotopic (exact) mass is 587 g/mol. The molecule has 0 aliphatic rings. The largest absolute Gasteiger partial charge is 0.501 e. The summed E-state index contributed by atoms with van der Waals surface area (Å²) in [5, 5.41) is 0. The number of hydrogen-bond donors (Lipinski definition) is 0. The third-order valence-corrected chi connectivity index (χ3v) is 12.3. The number of carbonyl (C=O) groups is 1. The van der Waals surface area contributed by atoms with Crippen molar-refractivity contribution >= 4 is 29.3 Å². The Balaban J connectivity index is 2.75. The van der Waals surface area contributed by atoms with Crippen LogP contribution in [0.3, 0.4) is 0 Å². The second-order valence-electron chi connectivity index (χ2n) is 9.02. The predicted octanol–water partition coefficient (Wildman–Crippen LogP) is 5.55. The van der Waals surface area contributed by atoms with Crippen LogP contribution >= 0.6 is 0 Å². The quantitative estimate of drug-likeness (QED) is 0.0878. The maximum absolute atomic E-state index is 12.9. The lowest BCUT2D eigenvalue weighted by Gasteiger charge is -2.31. The van der Waals surface area contributed by atoms with Gasteiger partial charge in [-0.15, -0.1) is 0 Å². The van der Waals surface area contributed by atoms with Crippen molar-refractivity contribution in [1.29, 1.82) is 0 Å². The van der Waals surface area contributed by atoms with Gasteiger partial charge in [0.15, 0.2) is 0 Å². The van der Waals surface area contributed by atoms with E-state index in [1.54, 1.807) is 0 Å². The molecule has 226 valence electrons. The van der Waals surface area contributed by atoms with Gasteiger partial charge in [0.05, 0.1) is 12.5 Å². The molecule has 9 nitrogen and oxygen atoms in total. The summed E-state index contributed by atoms with van der Waals surface area (Å²) >= 11 is 0. The topological polar surface area (TPSA) is 84.9 Å². The molecule has 1 atom stereocenters. The van der Waals surface area contributed by atoms with E-state index in [0.29, 0.717) is 65.3 Å². The molecule has 0 aliphatic carbocycles. The highest BCUT2D eigenvalue weighted by molar-refractivity contribution is 6.61. The fourth-order valence-corrected chi connectivity index (χ4v) is 9.64. The zero-order valence-corrected chi connectivity index (χ0v) is 27.4. The number of anilines is 1. The molecule has 0 spiro atoms. The Morgan fingerprint density at radius 1 is 0.718 bits per heavy atom. The first-order chi connectivity index (χ1) is 18.8. The highest BCUT2D eigenvalue weighted by Gasteiger charge is 2.40. The fraction of sp³-hybridized carbons (Fsp3) is 0.750. The predicted molar refractivity (Wildman–Crippen MR) is 159 cm³/mol. The molecule has 1 unspecified atom stereocenters. The SMILES string of the molecule is CCO[Si](CCCOC(=O)C(C)CN(CCC[Si](OCC)(OCC)OCC)c1ccccc1)(OCC)OCC. The highest BCUT2D eigenvalue weighted by Crippen LogP contribution is 2.22. The zero-order valence-electron chi connectivity index (χ0n) is 25.4. The van der Waals surface area contributed by atoms with E-state index in [4.69, 9.17) is 31.3 Å². The summed E-state index contributed by atoms with van der Waals surface area (Å²) < 4.78 is 41.4. The van der Waals surface area contributed by atoms with Gasteiger partial charge in [-0.1, -0.05) is 25.1 Å². The molecule has 0 aliphatic heterocycles. The zero-order chi connectivity index (χ0) is 29.0. The number of rotatable bonds is 24. The Kier molecular flexibility index (Phi) is 18.8. The van der Waals surface area contributed by atoms with Gasteiger partial charge < -0.3 is 36.2 Å². The molecule has 39 heavy (non-hydrogen) atoms. The standard InChI is InChI=1S/C28H53NO8Si2/c1-8-32-38(33-9-2,34-10-3)23-17-21-29(27-19-15-14-16-20-27)25-26(7)28(30)31-22-18-24-39(35-11-4,36-12-5)37-13-6/h14-16,19-20,26H,8-13,17-18,21-25H2,1-7H3. The number of nitrogens with zero attached hydrogens (tertiary/aromatic N) is 1. The first-order valence-electron chi connectivity index (χ1n) is 14.6. The van der Waals surface area contributed by atoms with E-state index in [-0.39, 0.29) is 11.9 Å². The maximum atomic E-state index is 12.9. The van der Waals surface area contributed by atoms with Gasteiger partial charge in [-0.05, 0) is 66.5 Å². The average molecular weight is 588 g/mol. The second-order valence-corrected chi connectivity index (χ2v) is 14.5. The van der Waals surface area contributed by atoms with Gasteiger partial charge in [-0.3, -0.25) is 4.79 Å². The maximum Gasteiger partial charge on any atom is 0.501 e. The summed E-state index contributed by atoms with van der Waals surface area (Å²) in [6.07, 6.45) is 1.45. The van der Waals surface area contributed by atoms with Crippen LogP contribution in [0.1, 0.15) is 61.3 Å². The molecular formula is C28H53NO8Si2. The van der Waals surface area contributed by atoms with Crippen molar-refractivity contribution in [2.75, 3.05) is 64.2 Å². The number of para-hydroxylation sites is 1. The summed E-state index contributed by atoms with van der Waals surface area (Å²) in [7, 11) is -5.47. The molecule has 0 aromatic heterocycles. The van der Waals surface area contributed by atoms with Crippen LogP contribution in [0.25, 0.3) is 0 Å². The van der Waals surface area contributed by atoms with E-state index in [1.165, 1.54) is 0 Å². The molecule has 0 saturated heterocycles. The lowest BCUT2D eigenvalue weighted by atomic mass is 10.1. The molecule has 1 aromatic rings. The number of hydrogen-bond acceptors (Lipinski definition) is 9. The summed E-state index contributed by atoms with van der Waals surface area (Å²) in [5.41, 5.74) is 1.06. The minimum Gasteiger partial charge on any atom is -0.465 e. The lowest BCUT2D eigenvalue weighted by Crippen LogP contribution is -2.46. The van der Waals surface area contributed by atoms with Crippen LogP contribution in [0.5, 0.6) is 0 Å². The van der Waals surface area contributed by atoms with Crippen LogP contribution < -0.4 is 4.90 Å². The summed E-state index contributed by atoms with van der Waals surface area (Å²) in [4.78, 5) is 15.1. The van der Waals surface area contributed by atoms with Crippen LogP contribution in [-0.2, 0) is 36.1 Å². The molecular weight excluding hydrogens is 534 g/mol. The molecule has 0 heterocycles. The number of carbonyl (C=O) groups excluding carboxylic acids is 1. The third kappa shape index (κ3) is 13.3. The van der Waals surface area contributed by atoms with Gasteiger partial charge in [-0.25, -0.2) is 0 Å². The van der Waals surface area contributed by atoms with Crippen LogP contribution in [0.2, 0.25) is 12.1 Å². The summed E-state index contributed by atoms with van der Waals surface area (Å²) in [5.74, 6) is -0.514. The van der Waals surface area contributed by atoms with Crippen molar-refractivity contribution in [3.63, 3.8) is 0 Å². The van der Waals surface area contributed by atoms with E-state index in [0.717, 1.165) is 24.7 Å². The van der Waals surface area contributed by atoms with Crippen LogP contribution in [0.15, 0.2) is 30.3 Å². The summed E-state index contributed by atoms with van der Waals surface area (Å²) in [6, 6.07) is 11.5. The Bertz CT molecular complexity index is 724. The van der Waals surface area contributed by atoms with Crippen molar-refractivity contribution in [3.05, 3.63) is 30.3 Å². The van der Waals surface area contributed by atoms with Gasteiger partial charge in [0.25, 0.3) is 0 Å². The molecule has 0 radical (unpaired) electrons. The average Bonchev–Trinajstić information content (AvgIpc) is 2.92. The van der Waals surface area contributed by atoms with Crippen molar-refractivity contribution in [1.82, 2.24) is 0 Å². The number of ether oxygens (including phenoxy) is 1. The van der Waals surface area contributed by atoms with Crippen molar-refractivity contribution in [2.24, 2.45) is 5.92 Å². The minimum atomic E-state index is -2.74. The highest BCUT2D eigenvalue weighted by atomic mass is 28.4. The molecule has 1 aromatic carbocycles. The van der Waals surface area contributed by atoms with Crippen LogP contribution in [-0.4, -0.2) is 82.9 Å². The van der Waals surface area contributed by atoms with Gasteiger partial charge >= 0.3 is 23.6 Å². The third-order valence-electron chi connectivity index (χ3n) is 5.99. The van der Waals surface area contributed by atoms with Crippen LogP contribution in [0, 0.1) is 5.92 Å². The summed E-state index contributed by atoms with van der Waals surface area (Å²) in [6.45, 7) is 18.5. The van der Waals surface area contributed by atoms with E-state index >= 15 is 0 Å². The molecule has 0 fully saturated rings. The Hall–Kier alpha value is -1.32. The minimum absolute atomic E-state index is 0.214. The number of esters is 1. The first-order valence-corrected chi connectivity index (χ1v) is 18.5. The van der Waals surface area contributed by atoms with Crippen molar-refractivity contribution in [3.8, 4) is 0 Å². The van der Waals surface area contributed by atoms with Gasteiger partial charge in [-0.2, -0.15) is 0 Å². The van der Waals surface area contributed by atoms with E-state index < -0.39 is 17.6 Å². The molecule has 1 rings (SSSR count). The molecule has 11 heteroatoms. The molecule has 0 bridgehead atoms. The van der Waals surface area contributed by atoms with E-state index in [9.17, 15) is 4.79 Å². The fourth-order valence-electron chi connectivity index (χ4n) is 4.46.